The molecule has 0 spiro atoms. The van der Waals surface area contributed by atoms with E-state index in [2.05, 4.69) is 11.1 Å². The monoisotopic (exact) mass is 419 g/mol. The van der Waals surface area contributed by atoms with Gasteiger partial charge >= 0.3 is 0 Å². The van der Waals surface area contributed by atoms with Crippen LogP contribution in [0.2, 0.25) is 0 Å². The lowest BCUT2D eigenvalue weighted by Gasteiger charge is -2.20. The molecule has 6 rings (SSSR count). The number of fused-ring (bicyclic) bond motifs is 4. The van der Waals surface area contributed by atoms with Crippen LogP contribution in [0.25, 0.3) is 33.0 Å². The molecule has 0 bridgehead atoms. The number of benzene rings is 4. The summed E-state index contributed by atoms with van der Waals surface area (Å²) in [7, 11) is -3.04. The molecule has 4 aromatic carbocycles. The van der Waals surface area contributed by atoms with Gasteiger partial charge in [0.25, 0.3) is 0 Å². The van der Waals surface area contributed by atoms with Gasteiger partial charge in [-0.15, -0.1) is 0 Å². The Morgan fingerprint density at radius 2 is 1.26 bits per heavy atom. The molecule has 0 unspecified atom stereocenters. The van der Waals surface area contributed by atoms with Crippen LogP contribution < -0.4 is 15.9 Å². The van der Waals surface area contributed by atoms with E-state index in [0.717, 1.165) is 43.2 Å². The van der Waals surface area contributed by atoms with E-state index in [4.69, 9.17) is 4.42 Å². The number of pyridine rings is 1. The summed E-state index contributed by atoms with van der Waals surface area (Å²) in [4.78, 5) is 4.69. The van der Waals surface area contributed by atoms with Crippen LogP contribution in [0.4, 0.5) is 0 Å². The second kappa shape index (κ2) is 6.94. The van der Waals surface area contributed by atoms with Crippen LogP contribution in [0.5, 0.6) is 0 Å². The van der Waals surface area contributed by atoms with Crippen LogP contribution in [0.3, 0.4) is 0 Å². The van der Waals surface area contributed by atoms with Crippen LogP contribution in [-0.2, 0) is 4.57 Å². The molecule has 0 aliphatic rings. The Morgan fingerprint density at radius 1 is 0.613 bits per heavy atom. The molecule has 0 saturated heterocycles. The van der Waals surface area contributed by atoms with E-state index in [9.17, 15) is 4.57 Å². The fourth-order valence-corrected chi connectivity index (χ4v) is 6.88. The molecule has 0 aliphatic carbocycles. The van der Waals surface area contributed by atoms with E-state index < -0.39 is 7.14 Å². The fourth-order valence-electron chi connectivity index (χ4n) is 4.21. The summed E-state index contributed by atoms with van der Waals surface area (Å²) in [6, 6.07) is 35.4. The minimum atomic E-state index is -3.04. The molecule has 0 fully saturated rings. The Labute approximate surface area is 179 Å². The topological polar surface area (TPSA) is 43.1 Å². The van der Waals surface area contributed by atoms with Crippen molar-refractivity contribution in [2.75, 3.05) is 0 Å². The minimum absolute atomic E-state index is 0.597. The van der Waals surface area contributed by atoms with Gasteiger partial charge < -0.3 is 8.98 Å². The average molecular weight is 419 g/mol. The number of furan rings is 1. The number of hydrogen-bond donors (Lipinski definition) is 0. The molecule has 6 aromatic rings. The fraction of sp³-hybridized carbons (Fsp3) is 0. The lowest BCUT2D eigenvalue weighted by Crippen LogP contribution is -2.24. The van der Waals surface area contributed by atoms with Crippen molar-refractivity contribution in [1.82, 2.24) is 4.98 Å². The third kappa shape index (κ3) is 2.82. The maximum atomic E-state index is 14.7. The zero-order chi connectivity index (χ0) is 20.8. The molecule has 2 heterocycles. The number of para-hydroxylation sites is 1. The quantitative estimate of drug-likeness (QED) is 0.342. The smallest absolute Gasteiger partial charge is 0.227 e. The van der Waals surface area contributed by atoms with E-state index >= 15 is 0 Å². The summed E-state index contributed by atoms with van der Waals surface area (Å²) in [5.74, 6) is 0. The second-order valence-corrected chi connectivity index (χ2v) is 10.4. The van der Waals surface area contributed by atoms with Crippen LogP contribution in [-0.4, -0.2) is 4.98 Å². The average Bonchev–Trinajstić information content (AvgIpc) is 3.20. The van der Waals surface area contributed by atoms with E-state index in [-0.39, 0.29) is 0 Å². The number of rotatable bonds is 3. The standard InChI is InChI=1S/C27H18NO2P/c29-31(20-10-3-1-4-11-20,21-12-5-2-6-13-21)22-15-16-26-23(18-22)24-17-19-9-7-8-14-25(19)28-27(24)30-26/h1-18H. The molecule has 4 heteroatoms. The predicted octanol–water partition coefficient (Wildman–Crippen LogP) is 5.77. The molecule has 0 saturated carbocycles. The molecule has 0 N–H and O–H groups in total. The summed E-state index contributed by atoms with van der Waals surface area (Å²) in [6.07, 6.45) is 0. The van der Waals surface area contributed by atoms with E-state index in [1.165, 1.54) is 0 Å². The number of hydrogen-bond acceptors (Lipinski definition) is 3. The van der Waals surface area contributed by atoms with E-state index in [0.29, 0.717) is 5.71 Å². The lowest BCUT2D eigenvalue weighted by atomic mass is 10.1. The Hall–Kier alpha value is -3.68. The molecular weight excluding hydrogens is 401 g/mol. The van der Waals surface area contributed by atoms with Gasteiger partial charge in [0.05, 0.1) is 5.52 Å². The normalized spacial score (nSPS) is 12.0. The summed E-state index contributed by atoms with van der Waals surface area (Å²) in [6.45, 7) is 0. The third-order valence-electron chi connectivity index (χ3n) is 5.75. The maximum absolute atomic E-state index is 14.7. The van der Waals surface area contributed by atoms with Crippen LogP contribution in [0.1, 0.15) is 0 Å². The molecule has 0 aliphatic heterocycles. The van der Waals surface area contributed by atoms with Crippen molar-refractivity contribution in [3.8, 4) is 0 Å². The highest BCUT2D eigenvalue weighted by molar-refractivity contribution is 7.85. The zero-order valence-corrected chi connectivity index (χ0v) is 17.5. The predicted molar refractivity (Wildman–Crippen MR) is 128 cm³/mol. The van der Waals surface area contributed by atoms with Gasteiger partial charge in [-0.05, 0) is 30.3 Å². The first-order valence-corrected chi connectivity index (χ1v) is 11.9. The van der Waals surface area contributed by atoms with Crippen molar-refractivity contribution in [2.45, 2.75) is 0 Å². The maximum Gasteiger partial charge on any atom is 0.227 e. The minimum Gasteiger partial charge on any atom is -0.438 e. The van der Waals surface area contributed by atoms with Gasteiger partial charge in [0.1, 0.15) is 5.58 Å². The Kier molecular flexibility index (Phi) is 4.05. The SMILES string of the molecule is O=P(c1ccccc1)(c1ccccc1)c1ccc2oc3nc4ccccc4cc3c2c1. The molecule has 3 nitrogen and oxygen atoms in total. The van der Waals surface area contributed by atoms with Gasteiger partial charge in [-0.1, -0.05) is 78.9 Å². The van der Waals surface area contributed by atoms with Crippen molar-refractivity contribution in [3.05, 3.63) is 109 Å². The molecule has 0 radical (unpaired) electrons. The molecule has 148 valence electrons. The van der Waals surface area contributed by atoms with Gasteiger partial charge in [-0.3, -0.25) is 0 Å². The van der Waals surface area contributed by atoms with Crippen LogP contribution >= 0.6 is 7.14 Å². The van der Waals surface area contributed by atoms with Crippen molar-refractivity contribution in [3.63, 3.8) is 0 Å². The molecule has 0 atom stereocenters. The third-order valence-corrected chi connectivity index (χ3v) is 8.81. The Balaban J connectivity index is 1.65. The highest BCUT2D eigenvalue weighted by Gasteiger charge is 2.30. The molecule has 31 heavy (non-hydrogen) atoms. The molecule has 0 amide bonds. The van der Waals surface area contributed by atoms with Crippen molar-refractivity contribution in [2.24, 2.45) is 0 Å². The largest absolute Gasteiger partial charge is 0.438 e. The van der Waals surface area contributed by atoms with Crippen molar-refractivity contribution in [1.29, 1.82) is 0 Å². The highest BCUT2D eigenvalue weighted by Crippen LogP contribution is 2.43. The summed E-state index contributed by atoms with van der Waals surface area (Å²) in [5.41, 5.74) is 2.24. The summed E-state index contributed by atoms with van der Waals surface area (Å²) >= 11 is 0. The summed E-state index contributed by atoms with van der Waals surface area (Å²) < 4.78 is 20.7. The second-order valence-electron chi connectivity index (χ2n) is 7.60. The van der Waals surface area contributed by atoms with Gasteiger partial charge in [0, 0.05) is 32.1 Å². The molecular formula is C27H18NO2P. The lowest BCUT2D eigenvalue weighted by molar-refractivity contribution is 0.592. The van der Waals surface area contributed by atoms with Gasteiger partial charge in [0.15, 0.2) is 7.14 Å². The van der Waals surface area contributed by atoms with Crippen LogP contribution in [0.15, 0.2) is 114 Å². The van der Waals surface area contributed by atoms with Crippen molar-refractivity contribution < 1.29 is 8.98 Å². The first kappa shape index (κ1) is 18.1. The first-order valence-electron chi connectivity index (χ1n) is 10.2. The summed E-state index contributed by atoms with van der Waals surface area (Å²) in [5, 5.41) is 5.33. The number of nitrogens with zero attached hydrogens (tertiary/aromatic N) is 1. The van der Waals surface area contributed by atoms with Gasteiger partial charge in [-0.2, -0.15) is 0 Å². The zero-order valence-electron chi connectivity index (χ0n) is 16.6. The molecule has 2 aromatic heterocycles. The van der Waals surface area contributed by atoms with Gasteiger partial charge in [-0.25, -0.2) is 4.98 Å². The van der Waals surface area contributed by atoms with Crippen LogP contribution in [0, 0.1) is 0 Å². The van der Waals surface area contributed by atoms with Crippen molar-refractivity contribution >= 4 is 56.0 Å². The van der Waals surface area contributed by atoms with Gasteiger partial charge in [0.2, 0.25) is 5.71 Å². The van der Waals surface area contributed by atoms with E-state index in [1.807, 2.05) is 103 Å². The Morgan fingerprint density at radius 3 is 1.97 bits per heavy atom. The van der Waals surface area contributed by atoms with E-state index in [1.54, 1.807) is 0 Å². The first-order chi connectivity index (χ1) is 15.2. The Bertz CT molecular complexity index is 1560. The highest BCUT2D eigenvalue weighted by atomic mass is 31.2. The number of aromatic nitrogens is 1.